The van der Waals surface area contributed by atoms with Crippen molar-refractivity contribution in [3.63, 3.8) is 0 Å². The first kappa shape index (κ1) is 16.2. The number of amides is 2. The van der Waals surface area contributed by atoms with Gasteiger partial charge in [-0.25, -0.2) is 0 Å². The molecule has 2 amide bonds. The van der Waals surface area contributed by atoms with Gasteiger partial charge in [0.1, 0.15) is 6.04 Å². The van der Waals surface area contributed by atoms with Crippen molar-refractivity contribution < 1.29 is 9.59 Å². The first-order chi connectivity index (χ1) is 9.40. The van der Waals surface area contributed by atoms with Crippen LogP contribution in [0, 0.1) is 5.92 Å². The van der Waals surface area contributed by atoms with Crippen LogP contribution in [0.3, 0.4) is 0 Å². The van der Waals surface area contributed by atoms with E-state index in [-0.39, 0.29) is 11.8 Å². The summed E-state index contributed by atoms with van der Waals surface area (Å²) in [6.07, 6.45) is 0.596. The Morgan fingerprint density at radius 3 is 2.25 bits per heavy atom. The fraction of sp³-hybridized carbons (Fsp3) is 0.467. The highest BCUT2D eigenvalue weighted by Gasteiger charge is 2.20. The number of rotatable bonds is 6. The summed E-state index contributed by atoms with van der Waals surface area (Å²) in [5.74, 6) is -0.222. The Balaban J connectivity index is 2.47. The van der Waals surface area contributed by atoms with E-state index in [1.165, 1.54) is 0 Å². The predicted octanol–water partition coefficient (Wildman–Crippen LogP) is 1.50. The number of hydrogen-bond donors (Lipinski definition) is 3. The van der Waals surface area contributed by atoms with E-state index >= 15 is 0 Å². The minimum atomic E-state index is -0.624. The van der Waals surface area contributed by atoms with Crippen LogP contribution < -0.4 is 16.4 Å². The zero-order valence-corrected chi connectivity index (χ0v) is 12.2. The third kappa shape index (κ3) is 5.40. The van der Waals surface area contributed by atoms with Crippen molar-refractivity contribution in [1.29, 1.82) is 0 Å². The van der Waals surface area contributed by atoms with Crippen LogP contribution in [0.2, 0.25) is 0 Å². The van der Waals surface area contributed by atoms with Crippen LogP contribution >= 0.6 is 0 Å². The van der Waals surface area contributed by atoms with Crippen molar-refractivity contribution >= 4 is 17.5 Å². The summed E-state index contributed by atoms with van der Waals surface area (Å²) in [6, 6.07) is 7.90. The lowest BCUT2D eigenvalue weighted by Crippen LogP contribution is -2.49. The maximum atomic E-state index is 11.9. The highest BCUT2D eigenvalue weighted by Crippen LogP contribution is 2.06. The van der Waals surface area contributed by atoms with E-state index < -0.39 is 12.1 Å². The van der Waals surface area contributed by atoms with E-state index in [1.54, 1.807) is 19.1 Å². The standard InChI is InChI=1S/C15H23N3O2/c1-10(2)9-13(16)15(20)17-11(3)14(19)18-12-7-5-4-6-8-12/h4-8,10-11,13H,9,16H2,1-3H3,(H,17,20)(H,18,19)/t11?,13-/m0/s1. The van der Waals surface area contributed by atoms with Crippen LogP contribution in [0.4, 0.5) is 5.69 Å². The van der Waals surface area contributed by atoms with Crippen LogP contribution in [0.25, 0.3) is 0 Å². The van der Waals surface area contributed by atoms with Crippen LogP contribution in [0.15, 0.2) is 30.3 Å². The Bertz CT molecular complexity index is 446. The minimum Gasteiger partial charge on any atom is -0.343 e. The maximum Gasteiger partial charge on any atom is 0.246 e. The topological polar surface area (TPSA) is 84.2 Å². The average Bonchev–Trinajstić information content (AvgIpc) is 2.38. The zero-order chi connectivity index (χ0) is 15.1. The molecule has 1 unspecified atom stereocenters. The number of benzene rings is 1. The Kier molecular flexibility index (Phi) is 6.18. The highest BCUT2D eigenvalue weighted by atomic mass is 16.2. The third-order valence-corrected chi connectivity index (χ3v) is 2.86. The van der Waals surface area contributed by atoms with Gasteiger partial charge in [-0.15, -0.1) is 0 Å². The maximum absolute atomic E-state index is 11.9. The molecule has 0 heterocycles. The van der Waals surface area contributed by atoms with Crippen molar-refractivity contribution in [3.05, 3.63) is 30.3 Å². The molecular weight excluding hydrogens is 254 g/mol. The molecule has 0 saturated carbocycles. The fourth-order valence-corrected chi connectivity index (χ4v) is 1.77. The molecule has 5 nitrogen and oxygen atoms in total. The molecule has 2 atom stereocenters. The van der Waals surface area contributed by atoms with Gasteiger partial charge in [0.15, 0.2) is 0 Å². The summed E-state index contributed by atoms with van der Waals surface area (Å²) < 4.78 is 0. The summed E-state index contributed by atoms with van der Waals surface area (Å²) >= 11 is 0. The number of nitrogens with one attached hydrogen (secondary N) is 2. The average molecular weight is 277 g/mol. The van der Waals surface area contributed by atoms with Gasteiger partial charge in [0.05, 0.1) is 6.04 Å². The lowest BCUT2D eigenvalue weighted by Gasteiger charge is -2.18. The molecule has 0 aromatic heterocycles. The van der Waals surface area contributed by atoms with Gasteiger partial charge in [0.2, 0.25) is 11.8 Å². The van der Waals surface area contributed by atoms with E-state index in [2.05, 4.69) is 10.6 Å². The number of hydrogen-bond acceptors (Lipinski definition) is 3. The second kappa shape index (κ2) is 7.65. The monoisotopic (exact) mass is 277 g/mol. The van der Waals surface area contributed by atoms with E-state index in [0.29, 0.717) is 18.0 Å². The molecule has 0 fully saturated rings. The largest absolute Gasteiger partial charge is 0.343 e. The van der Waals surface area contributed by atoms with Gasteiger partial charge in [0.25, 0.3) is 0 Å². The quantitative estimate of drug-likeness (QED) is 0.736. The van der Waals surface area contributed by atoms with Gasteiger partial charge >= 0.3 is 0 Å². The first-order valence-corrected chi connectivity index (χ1v) is 6.82. The van der Waals surface area contributed by atoms with Crippen molar-refractivity contribution in [2.75, 3.05) is 5.32 Å². The van der Waals surface area contributed by atoms with Crippen molar-refractivity contribution in [3.8, 4) is 0 Å². The van der Waals surface area contributed by atoms with Gasteiger partial charge in [-0.05, 0) is 31.4 Å². The SMILES string of the molecule is CC(C)C[C@H](N)C(=O)NC(C)C(=O)Nc1ccccc1. The molecule has 0 aliphatic heterocycles. The molecule has 110 valence electrons. The summed E-state index contributed by atoms with van der Waals surface area (Å²) in [7, 11) is 0. The van der Waals surface area contributed by atoms with Crippen LogP contribution in [-0.4, -0.2) is 23.9 Å². The molecule has 5 heteroatoms. The second-order valence-electron chi connectivity index (χ2n) is 5.32. The normalized spacial score (nSPS) is 13.7. The van der Waals surface area contributed by atoms with Gasteiger partial charge in [-0.1, -0.05) is 32.0 Å². The van der Waals surface area contributed by atoms with Gasteiger partial charge in [0, 0.05) is 5.69 Å². The number of carbonyl (C=O) groups is 2. The number of para-hydroxylation sites is 1. The van der Waals surface area contributed by atoms with E-state index in [0.717, 1.165) is 0 Å². The lowest BCUT2D eigenvalue weighted by molar-refractivity contribution is -0.127. The van der Waals surface area contributed by atoms with Gasteiger partial charge < -0.3 is 16.4 Å². The number of carbonyl (C=O) groups excluding carboxylic acids is 2. The Hall–Kier alpha value is -1.88. The molecule has 4 N–H and O–H groups in total. The summed E-state index contributed by atoms with van der Waals surface area (Å²) in [5.41, 5.74) is 6.47. The molecule has 0 saturated heterocycles. The smallest absolute Gasteiger partial charge is 0.246 e. The van der Waals surface area contributed by atoms with Crippen LogP contribution in [0.5, 0.6) is 0 Å². The van der Waals surface area contributed by atoms with Crippen LogP contribution in [-0.2, 0) is 9.59 Å². The number of anilines is 1. The third-order valence-electron chi connectivity index (χ3n) is 2.86. The molecule has 0 spiro atoms. The van der Waals surface area contributed by atoms with Crippen LogP contribution in [0.1, 0.15) is 27.2 Å². The zero-order valence-electron chi connectivity index (χ0n) is 12.2. The molecule has 1 rings (SSSR count). The summed E-state index contributed by atoms with van der Waals surface area (Å²) in [6.45, 7) is 5.63. The van der Waals surface area contributed by atoms with E-state index in [9.17, 15) is 9.59 Å². The highest BCUT2D eigenvalue weighted by molar-refractivity contribution is 5.97. The molecule has 0 aliphatic carbocycles. The molecule has 0 aliphatic rings. The predicted molar refractivity (Wildman–Crippen MR) is 80.1 cm³/mol. The molecular formula is C15H23N3O2. The lowest BCUT2D eigenvalue weighted by atomic mass is 10.0. The van der Waals surface area contributed by atoms with Gasteiger partial charge in [-0.3, -0.25) is 9.59 Å². The van der Waals surface area contributed by atoms with E-state index in [4.69, 9.17) is 5.73 Å². The number of nitrogens with two attached hydrogens (primary N) is 1. The van der Waals surface area contributed by atoms with Crippen molar-refractivity contribution in [2.45, 2.75) is 39.3 Å². The second-order valence-corrected chi connectivity index (χ2v) is 5.32. The molecule has 20 heavy (non-hydrogen) atoms. The van der Waals surface area contributed by atoms with E-state index in [1.807, 2.05) is 32.0 Å². The van der Waals surface area contributed by atoms with Gasteiger partial charge in [-0.2, -0.15) is 0 Å². The molecule has 0 radical (unpaired) electrons. The summed E-state index contributed by atoms with van der Waals surface area (Å²) in [4.78, 5) is 23.8. The molecule has 0 bridgehead atoms. The fourth-order valence-electron chi connectivity index (χ4n) is 1.77. The Morgan fingerprint density at radius 1 is 1.10 bits per heavy atom. The first-order valence-electron chi connectivity index (χ1n) is 6.82. The molecule has 1 aromatic rings. The Labute approximate surface area is 119 Å². The minimum absolute atomic E-state index is 0.263. The van der Waals surface area contributed by atoms with Crippen molar-refractivity contribution in [1.82, 2.24) is 5.32 Å². The summed E-state index contributed by atoms with van der Waals surface area (Å²) in [5, 5.41) is 5.36. The van der Waals surface area contributed by atoms with Crippen molar-refractivity contribution in [2.24, 2.45) is 11.7 Å². The Morgan fingerprint density at radius 2 is 1.70 bits per heavy atom. The molecule has 1 aromatic carbocycles.